The highest BCUT2D eigenvalue weighted by Gasteiger charge is 2.30. The highest BCUT2D eigenvalue weighted by atomic mass is 32.1. The van der Waals surface area contributed by atoms with Gasteiger partial charge in [0.2, 0.25) is 0 Å². The standard InChI is InChI=1S/C20H19N7OS/c28-18(13-5-1-2-9-17(13)27-22-11-12-23-27)24-14-6-3-7-15(14)25-20-26-16-8-4-10-21-19(16)29-20/h1-2,4-5,8-12,14-15H,3,6-7H2,(H,24,28)(H,25,26). The summed E-state index contributed by atoms with van der Waals surface area (Å²) >= 11 is 1.54. The van der Waals surface area contributed by atoms with Crippen molar-refractivity contribution in [2.24, 2.45) is 0 Å². The lowest BCUT2D eigenvalue weighted by molar-refractivity contribution is 0.0935. The minimum atomic E-state index is -0.123. The SMILES string of the molecule is O=C(NC1CCCC1Nc1nc2cccnc2s1)c1ccccc1-n1nccn1. The van der Waals surface area contributed by atoms with E-state index in [9.17, 15) is 4.79 Å². The maximum atomic E-state index is 13.0. The Labute approximate surface area is 171 Å². The highest BCUT2D eigenvalue weighted by Crippen LogP contribution is 2.28. The molecule has 1 saturated carbocycles. The summed E-state index contributed by atoms with van der Waals surface area (Å²) in [4.78, 5) is 24.4. The van der Waals surface area contributed by atoms with E-state index < -0.39 is 0 Å². The number of rotatable bonds is 5. The molecule has 3 heterocycles. The van der Waals surface area contributed by atoms with Gasteiger partial charge in [0.25, 0.3) is 5.91 Å². The van der Waals surface area contributed by atoms with E-state index in [1.54, 1.807) is 24.7 Å². The third-order valence-corrected chi connectivity index (χ3v) is 6.00. The fourth-order valence-corrected chi connectivity index (χ4v) is 4.59. The van der Waals surface area contributed by atoms with Gasteiger partial charge in [0, 0.05) is 18.3 Å². The van der Waals surface area contributed by atoms with Crippen molar-refractivity contribution >= 4 is 32.7 Å². The van der Waals surface area contributed by atoms with Gasteiger partial charge in [0.15, 0.2) is 5.13 Å². The highest BCUT2D eigenvalue weighted by molar-refractivity contribution is 7.21. The van der Waals surface area contributed by atoms with Crippen LogP contribution in [0.25, 0.3) is 16.0 Å². The minimum Gasteiger partial charge on any atom is -0.357 e. The molecular formula is C20H19N7OS. The number of nitrogens with zero attached hydrogens (tertiary/aromatic N) is 5. The second kappa shape index (κ2) is 7.59. The smallest absolute Gasteiger partial charge is 0.253 e. The lowest BCUT2D eigenvalue weighted by atomic mass is 10.1. The molecule has 0 bridgehead atoms. The number of fused-ring (bicyclic) bond motifs is 1. The van der Waals surface area contributed by atoms with Crippen molar-refractivity contribution in [3.63, 3.8) is 0 Å². The van der Waals surface area contributed by atoms with Gasteiger partial charge in [-0.2, -0.15) is 15.0 Å². The zero-order valence-electron chi connectivity index (χ0n) is 15.5. The number of thiazole rings is 1. The van der Waals surface area contributed by atoms with Gasteiger partial charge in [-0.05, 0) is 43.5 Å². The summed E-state index contributed by atoms with van der Waals surface area (Å²) in [5, 5.41) is 15.8. The molecule has 2 unspecified atom stereocenters. The molecule has 1 aromatic carbocycles. The van der Waals surface area contributed by atoms with Crippen molar-refractivity contribution in [1.29, 1.82) is 0 Å². The van der Waals surface area contributed by atoms with E-state index in [0.29, 0.717) is 11.3 Å². The van der Waals surface area contributed by atoms with Crippen LogP contribution in [0, 0.1) is 0 Å². The van der Waals surface area contributed by atoms with Crippen molar-refractivity contribution in [2.75, 3.05) is 5.32 Å². The molecule has 29 heavy (non-hydrogen) atoms. The molecule has 1 amide bonds. The topological polar surface area (TPSA) is 97.6 Å². The van der Waals surface area contributed by atoms with Crippen LogP contribution in [0.15, 0.2) is 55.0 Å². The molecule has 0 aliphatic heterocycles. The van der Waals surface area contributed by atoms with Gasteiger partial charge in [-0.15, -0.1) is 0 Å². The second-order valence-electron chi connectivity index (χ2n) is 6.94. The Morgan fingerprint density at radius 1 is 1.03 bits per heavy atom. The van der Waals surface area contributed by atoms with E-state index in [0.717, 1.165) is 34.7 Å². The molecule has 0 radical (unpaired) electrons. The van der Waals surface area contributed by atoms with Crippen LogP contribution in [0.3, 0.4) is 0 Å². The first-order chi connectivity index (χ1) is 14.3. The number of pyridine rings is 1. The van der Waals surface area contributed by atoms with Gasteiger partial charge in [0.1, 0.15) is 10.3 Å². The van der Waals surface area contributed by atoms with Crippen LogP contribution in [0.4, 0.5) is 5.13 Å². The van der Waals surface area contributed by atoms with Crippen molar-refractivity contribution in [3.05, 3.63) is 60.6 Å². The van der Waals surface area contributed by atoms with Crippen LogP contribution < -0.4 is 10.6 Å². The van der Waals surface area contributed by atoms with Crippen molar-refractivity contribution < 1.29 is 4.79 Å². The third kappa shape index (κ3) is 3.56. The summed E-state index contributed by atoms with van der Waals surface area (Å²) in [6, 6.07) is 11.4. The third-order valence-electron chi connectivity index (χ3n) is 5.09. The Bertz CT molecular complexity index is 1110. The summed E-state index contributed by atoms with van der Waals surface area (Å²) in [5.74, 6) is -0.123. The van der Waals surface area contributed by atoms with Crippen LogP contribution in [0.5, 0.6) is 0 Å². The first-order valence-corrected chi connectivity index (χ1v) is 10.3. The monoisotopic (exact) mass is 405 g/mol. The number of carbonyl (C=O) groups excluding carboxylic acids is 1. The molecule has 2 atom stereocenters. The van der Waals surface area contributed by atoms with E-state index in [1.165, 1.54) is 16.1 Å². The summed E-state index contributed by atoms with van der Waals surface area (Å²) in [5.41, 5.74) is 2.10. The predicted octanol–water partition coefficient (Wildman–Crippen LogP) is 3.04. The van der Waals surface area contributed by atoms with Crippen molar-refractivity contribution in [2.45, 2.75) is 31.3 Å². The molecule has 0 saturated heterocycles. The van der Waals surface area contributed by atoms with E-state index in [2.05, 4.69) is 30.8 Å². The van der Waals surface area contributed by atoms with Crippen LogP contribution in [-0.2, 0) is 0 Å². The van der Waals surface area contributed by atoms with E-state index >= 15 is 0 Å². The van der Waals surface area contributed by atoms with Crippen LogP contribution in [-0.4, -0.2) is 43.0 Å². The second-order valence-corrected chi connectivity index (χ2v) is 7.92. The van der Waals surface area contributed by atoms with Crippen LogP contribution >= 0.6 is 11.3 Å². The fraction of sp³-hybridized carbons (Fsp3) is 0.250. The molecule has 1 aliphatic rings. The quantitative estimate of drug-likeness (QED) is 0.530. The molecule has 5 rings (SSSR count). The molecule has 1 fully saturated rings. The number of amides is 1. The fourth-order valence-electron chi connectivity index (χ4n) is 3.72. The predicted molar refractivity (Wildman–Crippen MR) is 111 cm³/mol. The first-order valence-electron chi connectivity index (χ1n) is 9.52. The largest absolute Gasteiger partial charge is 0.357 e. The normalized spacial score (nSPS) is 18.8. The van der Waals surface area contributed by atoms with E-state index in [1.807, 2.05) is 30.3 Å². The Balaban J connectivity index is 1.33. The molecule has 3 aromatic heterocycles. The average molecular weight is 405 g/mol. The molecule has 0 spiro atoms. The zero-order valence-corrected chi connectivity index (χ0v) is 16.3. The maximum absolute atomic E-state index is 13.0. The number of hydrogen-bond donors (Lipinski definition) is 2. The van der Waals surface area contributed by atoms with Gasteiger partial charge >= 0.3 is 0 Å². The summed E-state index contributed by atoms with van der Waals surface area (Å²) in [6.07, 6.45) is 7.92. The molecule has 4 aromatic rings. The molecule has 8 nitrogen and oxygen atoms in total. The number of benzene rings is 1. The maximum Gasteiger partial charge on any atom is 0.253 e. The van der Waals surface area contributed by atoms with Gasteiger partial charge in [-0.25, -0.2) is 9.97 Å². The number of hydrogen-bond acceptors (Lipinski definition) is 7. The van der Waals surface area contributed by atoms with E-state index in [4.69, 9.17) is 0 Å². The molecule has 1 aliphatic carbocycles. The Morgan fingerprint density at radius 2 is 1.86 bits per heavy atom. The van der Waals surface area contributed by atoms with Gasteiger partial charge in [0.05, 0.1) is 23.6 Å². The summed E-state index contributed by atoms with van der Waals surface area (Å²) in [6.45, 7) is 0. The zero-order chi connectivity index (χ0) is 19.6. The minimum absolute atomic E-state index is 0.0288. The molecule has 9 heteroatoms. The van der Waals surface area contributed by atoms with Gasteiger partial charge in [-0.1, -0.05) is 23.5 Å². The molecular weight excluding hydrogens is 386 g/mol. The number of nitrogens with one attached hydrogen (secondary N) is 2. The first kappa shape index (κ1) is 17.7. The van der Waals surface area contributed by atoms with Crippen molar-refractivity contribution in [3.8, 4) is 5.69 Å². The van der Waals surface area contributed by atoms with E-state index in [-0.39, 0.29) is 18.0 Å². The van der Waals surface area contributed by atoms with Gasteiger partial charge in [-0.3, -0.25) is 4.79 Å². The lowest BCUT2D eigenvalue weighted by Crippen LogP contribution is -2.43. The van der Waals surface area contributed by atoms with Crippen LogP contribution in [0.2, 0.25) is 0 Å². The average Bonchev–Trinajstić information content (AvgIpc) is 3.49. The Morgan fingerprint density at radius 3 is 2.72 bits per heavy atom. The van der Waals surface area contributed by atoms with Crippen LogP contribution in [0.1, 0.15) is 29.6 Å². The number of carbonyl (C=O) groups is 1. The Hall–Kier alpha value is -3.33. The summed E-state index contributed by atoms with van der Waals surface area (Å²) < 4.78 is 0. The number of aromatic nitrogens is 5. The number of anilines is 1. The molecule has 2 N–H and O–H groups in total. The molecule has 146 valence electrons. The lowest BCUT2D eigenvalue weighted by Gasteiger charge is -2.22. The van der Waals surface area contributed by atoms with Gasteiger partial charge < -0.3 is 10.6 Å². The van der Waals surface area contributed by atoms with Crippen molar-refractivity contribution in [1.82, 2.24) is 30.3 Å². The Kier molecular flexibility index (Phi) is 4.65. The summed E-state index contributed by atoms with van der Waals surface area (Å²) in [7, 11) is 0. The number of para-hydroxylation sites is 1.